The average Bonchev–Trinajstić information content (AvgIpc) is 3.61. The maximum atomic E-state index is 12.8. The SMILES string of the molecule is Cc1ccc(C(=O)N2CCC(N3CC(CC#N)(n4cc(-c5ncnc6[nH]ccc56)cn4)C3)CC2)s1. The van der Waals surface area contributed by atoms with E-state index in [0.29, 0.717) is 12.5 Å². The van der Waals surface area contributed by atoms with Crippen LogP contribution in [0.2, 0.25) is 0 Å². The van der Waals surface area contributed by atoms with Crippen molar-refractivity contribution in [2.45, 2.75) is 37.8 Å². The Morgan fingerprint density at radius 2 is 2.09 bits per heavy atom. The molecule has 2 aliphatic heterocycles. The summed E-state index contributed by atoms with van der Waals surface area (Å²) in [7, 11) is 0. The Balaban J connectivity index is 1.13. The van der Waals surface area contributed by atoms with E-state index in [-0.39, 0.29) is 11.4 Å². The van der Waals surface area contributed by atoms with Crippen LogP contribution in [0.5, 0.6) is 0 Å². The minimum absolute atomic E-state index is 0.148. The summed E-state index contributed by atoms with van der Waals surface area (Å²) in [5, 5.41) is 15.2. The Bertz CT molecular complexity index is 1410. The van der Waals surface area contributed by atoms with E-state index in [1.807, 2.05) is 53.3 Å². The third-order valence-electron chi connectivity index (χ3n) is 7.32. The third kappa shape index (κ3) is 3.81. The normalized spacial score (nSPS) is 18.5. The Morgan fingerprint density at radius 1 is 1.26 bits per heavy atom. The first-order chi connectivity index (χ1) is 17.1. The summed E-state index contributed by atoms with van der Waals surface area (Å²) in [4.78, 5) is 31.1. The average molecular weight is 487 g/mol. The van der Waals surface area contributed by atoms with E-state index in [4.69, 9.17) is 0 Å². The highest BCUT2D eigenvalue weighted by molar-refractivity contribution is 7.13. The first kappa shape index (κ1) is 21.9. The summed E-state index contributed by atoms with van der Waals surface area (Å²) < 4.78 is 1.96. The second kappa shape index (κ2) is 8.59. The number of hydrogen-bond donors (Lipinski definition) is 1. The van der Waals surface area contributed by atoms with Crippen LogP contribution >= 0.6 is 11.3 Å². The fourth-order valence-electron chi connectivity index (χ4n) is 5.40. The molecule has 4 aromatic rings. The third-order valence-corrected chi connectivity index (χ3v) is 8.31. The van der Waals surface area contributed by atoms with Gasteiger partial charge in [0.25, 0.3) is 5.91 Å². The van der Waals surface area contributed by atoms with E-state index in [9.17, 15) is 10.1 Å². The first-order valence-electron chi connectivity index (χ1n) is 11.9. The van der Waals surface area contributed by atoms with Crippen molar-refractivity contribution in [2.75, 3.05) is 26.2 Å². The number of hydrogen-bond acceptors (Lipinski definition) is 7. The molecule has 1 amide bonds. The van der Waals surface area contributed by atoms with Gasteiger partial charge in [-0.1, -0.05) is 0 Å². The molecule has 2 fully saturated rings. The summed E-state index contributed by atoms with van der Waals surface area (Å²) in [6, 6.07) is 8.71. The quantitative estimate of drug-likeness (QED) is 0.463. The molecule has 6 heterocycles. The van der Waals surface area contributed by atoms with Crippen LogP contribution in [0, 0.1) is 18.3 Å². The van der Waals surface area contributed by atoms with Gasteiger partial charge >= 0.3 is 0 Å². The molecule has 0 unspecified atom stereocenters. The molecule has 0 spiro atoms. The van der Waals surface area contributed by atoms with Gasteiger partial charge in [-0.05, 0) is 38.0 Å². The molecule has 2 aliphatic rings. The number of carbonyl (C=O) groups is 1. The van der Waals surface area contributed by atoms with Crippen molar-refractivity contribution in [3.05, 3.63) is 52.9 Å². The van der Waals surface area contributed by atoms with Crippen LogP contribution in [0.4, 0.5) is 0 Å². The van der Waals surface area contributed by atoms with Gasteiger partial charge in [0.2, 0.25) is 0 Å². The van der Waals surface area contributed by atoms with Crippen molar-refractivity contribution in [2.24, 2.45) is 0 Å². The maximum Gasteiger partial charge on any atom is 0.263 e. The number of H-pyrrole nitrogens is 1. The molecule has 0 bridgehead atoms. The van der Waals surface area contributed by atoms with E-state index < -0.39 is 0 Å². The molecule has 0 saturated carbocycles. The van der Waals surface area contributed by atoms with Crippen LogP contribution in [0.25, 0.3) is 22.3 Å². The van der Waals surface area contributed by atoms with Gasteiger partial charge in [0.1, 0.15) is 17.5 Å². The second-order valence-corrected chi connectivity index (χ2v) is 10.8. The summed E-state index contributed by atoms with van der Waals surface area (Å²) >= 11 is 1.56. The summed E-state index contributed by atoms with van der Waals surface area (Å²) in [6.45, 7) is 5.15. The molecule has 0 aliphatic carbocycles. The molecular weight excluding hydrogens is 460 g/mol. The van der Waals surface area contributed by atoms with Crippen molar-refractivity contribution in [1.82, 2.24) is 34.5 Å². The highest BCUT2D eigenvalue weighted by Crippen LogP contribution is 2.37. The number of piperidine rings is 1. The molecule has 0 aromatic carbocycles. The predicted octanol–water partition coefficient (Wildman–Crippen LogP) is 3.42. The van der Waals surface area contributed by atoms with Gasteiger partial charge in [-0.2, -0.15) is 10.4 Å². The number of nitriles is 1. The largest absolute Gasteiger partial charge is 0.346 e. The van der Waals surface area contributed by atoms with E-state index in [2.05, 4.69) is 31.0 Å². The molecule has 2 saturated heterocycles. The van der Waals surface area contributed by atoms with Gasteiger partial charge in [0, 0.05) is 60.4 Å². The fourth-order valence-corrected chi connectivity index (χ4v) is 6.23. The molecule has 0 atom stereocenters. The van der Waals surface area contributed by atoms with Gasteiger partial charge in [-0.3, -0.25) is 14.4 Å². The lowest BCUT2D eigenvalue weighted by Gasteiger charge is -2.53. The van der Waals surface area contributed by atoms with Crippen molar-refractivity contribution in [3.63, 3.8) is 0 Å². The molecular formula is C25H26N8OS. The van der Waals surface area contributed by atoms with Crippen molar-refractivity contribution in [1.29, 1.82) is 5.26 Å². The summed E-state index contributed by atoms with van der Waals surface area (Å²) in [5.74, 6) is 0.148. The second-order valence-electron chi connectivity index (χ2n) is 9.53. The molecule has 35 heavy (non-hydrogen) atoms. The standard InChI is InChI=1S/C25H26N8OS/c1-17-2-3-21(35-17)24(34)31-10-5-19(6-11-31)32-14-25(15-32,7-8-26)33-13-18(12-30-33)22-20-4-9-27-23(20)29-16-28-22/h2-4,9,12-13,16,19H,5-7,10-11,14-15H2,1H3,(H,27,28,29). The maximum absolute atomic E-state index is 12.8. The lowest BCUT2D eigenvalue weighted by Crippen LogP contribution is -2.66. The Hall–Kier alpha value is -3.55. The van der Waals surface area contributed by atoms with Crippen LogP contribution in [-0.4, -0.2) is 72.7 Å². The minimum Gasteiger partial charge on any atom is -0.346 e. The van der Waals surface area contributed by atoms with Gasteiger partial charge in [0.15, 0.2) is 0 Å². The summed E-state index contributed by atoms with van der Waals surface area (Å²) in [5.41, 5.74) is 2.22. The van der Waals surface area contributed by atoms with Crippen LogP contribution in [0.3, 0.4) is 0 Å². The van der Waals surface area contributed by atoms with Crippen LogP contribution in [0.1, 0.15) is 33.8 Å². The van der Waals surface area contributed by atoms with Crippen molar-refractivity contribution < 1.29 is 4.79 Å². The highest BCUT2D eigenvalue weighted by atomic mass is 32.1. The molecule has 4 aromatic heterocycles. The minimum atomic E-state index is -0.335. The van der Waals surface area contributed by atoms with Crippen molar-refractivity contribution in [3.8, 4) is 17.3 Å². The lowest BCUT2D eigenvalue weighted by atomic mass is 9.84. The zero-order chi connectivity index (χ0) is 24.0. The number of aromatic nitrogens is 5. The number of amides is 1. The van der Waals surface area contributed by atoms with Gasteiger partial charge in [-0.15, -0.1) is 11.3 Å². The summed E-state index contributed by atoms with van der Waals surface area (Å²) in [6.07, 6.45) is 9.56. The topological polar surface area (TPSA) is 107 Å². The number of nitrogens with one attached hydrogen (secondary N) is 1. The van der Waals surface area contributed by atoms with E-state index in [1.54, 1.807) is 17.7 Å². The number of aromatic amines is 1. The zero-order valence-electron chi connectivity index (χ0n) is 19.5. The molecule has 10 heteroatoms. The number of fused-ring (bicyclic) bond motifs is 1. The number of thiophene rings is 1. The molecule has 6 rings (SSSR count). The van der Waals surface area contributed by atoms with Crippen LogP contribution < -0.4 is 0 Å². The number of nitrogens with zero attached hydrogens (tertiary/aromatic N) is 7. The number of likely N-dealkylation sites (tertiary alicyclic amines) is 2. The van der Waals surface area contributed by atoms with Gasteiger partial charge in [0.05, 0.1) is 29.3 Å². The number of aryl methyl sites for hydroxylation is 1. The lowest BCUT2D eigenvalue weighted by molar-refractivity contribution is -0.0412. The number of rotatable bonds is 5. The molecule has 178 valence electrons. The van der Waals surface area contributed by atoms with Crippen molar-refractivity contribution >= 4 is 28.3 Å². The van der Waals surface area contributed by atoms with Crippen LogP contribution in [0.15, 0.2) is 43.1 Å². The predicted molar refractivity (Wildman–Crippen MR) is 133 cm³/mol. The Morgan fingerprint density at radius 3 is 2.83 bits per heavy atom. The zero-order valence-corrected chi connectivity index (χ0v) is 20.3. The highest BCUT2D eigenvalue weighted by Gasteiger charge is 2.48. The van der Waals surface area contributed by atoms with E-state index >= 15 is 0 Å². The van der Waals surface area contributed by atoms with E-state index in [1.165, 1.54) is 0 Å². The first-order valence-corrected chi connectivity index (χ1v) is 12.7. The van der Waals surface area contributed by atoms with Gasteiger partial charge in [-0.25, -0.2) is 9.97 Å². The number of carbonyl (C=O) groups excluding carboxylic acids is 1. The Kier molecular flexibility index (Phi) is 5.39. The monoisotopic (exact) mass is 486 g/mol. The molecule has 9 nitrogen and oxygen atoms in total. The smallest absolute Gasteiger partial charge is 0.263 e. The fraction of sp³-hybridized carbons (Fsp3) is 0.400. The van der Waals surface area contributed by atoms with E-state index in [0.717, 1.165) is 71.1 Å². The van der Waals surface area contributed by atoms with Crippen LogP contribution in [-0.2, 0) is 5.54 Å². The molecule has 1 N–H and O–H groups in total. The molecule has 0 radical (unpaired) electrons. The Labute approximate surface area is 207 Å². The van der Waals surface area contributed by atoms with Gasteiger partial charge < -0.3 is 9.88 Å².